The van der Waals surface area contributed by atoms with Gasteiger partial charge in [-0.25, -0.2) is 14.1 Å². The minimum Gasteiger partial charge on any atom is -0.496 e. The van der Waals surface area contributed by atoms with Gasteiger partial charge in [-0.05, 0) is 24.3 Å². The van der Waals surface area contributed by atoms with Crippen molar-refractivity contribution in [3.8, 4) is 5.75 Å². The molecule has 10 heteroatoms. The maximum Gasteiger partial charge on any atom is 0.264 e. The lowest BCUT2D eigenvalue weighted by atomic mass is 10.2. The summed E-state index contributed by atoms with van der Waals surface area (Å²) in [6.07, 6.45) is 2.79. The summed E-state index contributed by atoms with van der Waals surface area (Å²) in [6.45, 7) is 0.602. The maximum absolute atomic E-state index is 13.9. The van der Waals surface area contributed by atoms with Crippen molar-refractivity contribution in [3.63, 3.8) is 0 Å². The Morgan fingerprint density at radius 2 is 2.06 bits per heavy atom. The summed E-state index contributed by atoms with van der Waals surface area (Å²) in [4.78, 5) is 29.6. The third-order valence-corrected chi connectivity index (χ3v) is 5.17. The summed E-state index contributed by atoms with van der Waals surface area (Å²) in [5.41, 5.74) is 0.772. The van der Waals surface area contributed by atoms with Gasteiger partial charge < -0.3 is 10.1 Å². The molecule has 0 bridgehead atoms. The zero-order valence-electron chi connectivity index (χ0n) is 17.1. The van der Waals surface area contributed by atoms with Gasteiger partial charge in [0.25, 0.3) is 11.5 Å². The predicted octanol–water partition coefficient (Wildman–Crippen LogP) is 2.87. The number of nitrogens with one attached hydrogen (secondary N) is 1. The summed E-state index contributed by atoms with van der Waals surface area (Å²) >= 11 is 5.98. The Labute approximate surface area is 187 Å². The number of carbonyl (C=O) groups excluding carboxylic acids is 1. The third kappa shape index (κ3) is 4.33. The van der Waals surface area contributed by atoms with E-state index in [1.165, 1.54) is 41.0 Å². The number of hydrogen-bond donors (Lipinski definition) is 1. The number of aromatic nitrogens is 4. The second kappa shape index (κ2) is 9.19. The quantitative estimate of drug-likeness (QED) is 0.462. The molecule has 0 saturated carbocycles. The number of methoxy groups -OCH3 is 1. The lowest BCUT2D eigenvalue weighted by molar-refractivity contribution is 0.0949. The van der Waals surface area contributed by atoms with Gasteiger partial charge >= 0.3 is 0 Å². The highest BCUT2D eigenvalue weighted by atomic mass is 35.5. The molecule has 2 aromatic carbocycles. The number of halogens is 2. The Bertz CT molecular complexity index is 1350. The number of ether oxygens (including phenoxy) is 1. The van der Waals surface area contributed by atoms with E-state index in [-0.39, 0.29) is 30.4 Å². The zero-order valence-corrected chi connectivity index (χ0v) is 17.8. The number of hydrogen-bond acceptors (Lipinski definition) is 5. The van der Waals surface area contributed by atoms with E-state index in [1.54, 1.807) is 30.3 Å². The Morgan fingerprint density at radius 1 is 1.25 bits per heavy atom. The molecule has 8 nitrogen and oxygen atoms in total. The first-order valence-corrected chi connectivity index (χ1v) is 10.1. The van der Waals surface area contributed by atoms with Gasteiger partial charge in [-0.3, -0.25) is 14.2 Å². The minimum atomic E-state index is -0.387. The predicted molar refractivity (Wildman–Crippen MR) is 118 cm³/mol. The minimum absolute atomic E-state index is 0.0666. The van der Waals surface area contributed by atoms with Crippen molar-refractivity contribution in [3.05, 3.63) is 87.3 Å². The molecule has 0 unspecified atom stereocenters. The SMILES string of the molecule is COc1ccc(Cl)cc1C(=O)NCCn1ncc2c(=O)n(Cc3ccccc3F)cnc21. The topological polar surface area (TPSA) is 91.0 Å². The van der Waals surface area contributed by atoms with Crippen molar-refractivity contribution in [1.29, 1.82) is 0 Å². The first kappa shape index (κ1) is 21.5. The zero-order chi connectivity index (χ0) is 22.7. The standard InChI is InChI=1S/C22H19ClFN5O3/c1-32-19-7-6-15(23)10-16(19)21(30)25-8-9-29-20-17(11-27-29)22(31)28(13-26-20)12-14-4-2-3-5-18(14)24/h2-7,10-11,13H,8-9,12H2,1H3,(H,25,30). The van der Waals surface area contributed by atoms with Crippen LogP contribution in [0.4, 0.5) is 4.39 Å². The summed E-state index contributed by atoms with van der Waals surface area (Å²) in [6, 6.07) is 11.0. The molecule has 0 aliphatic rings. The van der Waals surface area contributed by atoms with E-state index >= 15 is 0 Å². The molecule has 0 aliphatic heterocycles. The molecule has 2 heterocycles. The van der Waals surface area contributed by atoms with Crippen LogP contribution in [0.2, 0.25) is 5.02 Å². The number of nitrogens with zero attached hydrogens (tertiary/aromatic N) is 4. The van der Waals surface area contributed by atoms with Crippen LogP contribution in [-0.2, 0) is 13.1 Å². The van der Waals surface area contributed by atoms with Gasteiger partial charge in [0.15, 0.2) is 5.65 Å². The molecule has 0 aliphatic carbocycles. The average Bonchev–Trinajstić information content (AvgIpc) is 3.20. The first-order valence-electron chi connectivity index (χ1n) is 9.74. The van der Waals surface area contributed by atoms with Crippen LogP contribution in [-0.4, -0.2) is 38.9 Å². The highest BCUT2D eigenvalue weighted by Crippen LogP contribution is 2.22. The van der Waals surface area contributed by atoms with Crippen LogP contribution >= 0.6 is 11.6 Å². The van der Waals surface area contributed by atoms with Gasteiger partial charge in [-0.1, -0.05) is 29.8 Å². The van der Waals surface area contributed by atoms with Crippen LogP contribution in [0.15, 0.2) is 59.8 Å². The van der Waals surface area contributed by atoms with Crippen LogP contribution in [0.1, 0.15) is 15.9 Å². The molecule has 1 amide bonds. The van der Waals surface area contributed by atoms with Gasteiger partial charge in [-0.15, -0.1) is 0 Å². The smallest absolute Gasteiger partial charge is 0.264 e. The molecular formula is C22H19ClFN5O3. The Morgan fingerprint density at radius 3 is 2.84 bits per heavy atom. The van der Waals surface area contributed by atoms with Crippen LogP contribution in [0.5, 0.6) is 5.75 Å². The maximum atomic E-state index is 13.9. The summed E-state index contributed by atoms with van der Waals surface area (Å²) in [7, 11) is 1.47. The number of amides is 1. The molecule has 0 fully saturated rings. The van der Waals surface area contributed by atoms with Crippen molar-refractivity contribution < 1.29 is 13.9 Å². The molecule has 4 aromatic rings. The summed E-state index contributed by atoms with van der Waals surface area (Å²) in [5, 5.41) is 7.72. The summed E-state index contributed by atoms with van der Waals surface area (Å²) in [5.74, 6) is -0.322. The molecule has 164 valence electrons. The third-order valence-electron chi connectivity index (χ3n) is 4.94. The molecule has 2 aromatic heterocycles. The second-order valence-corrected chi connectivity index (χ2v) is 7.41. The van der Waals surface area contributed by atoms with Gasteiger partial charge in [0.2, 0.25) is 0 Å². The molecule has 0 atom stereocenters. The number of carbonyl (C=O) groups is 1. The Balaban J connectivity index is 1.47. The van der Waals surface area contributed by atoms with Gasteiger partial charge in [0.05, 0.1) is 32.0 Å². The van der Waals surface area contributed by atoms with E-state index in [9.17, 15) is 14.0 Å². The van der Waals surface area contributed by atoms with Crippen LogP contribution in [0.25, 0.3) is 11.0 Å². The second-order valence-electron chi connectivity index (χ2n) is 6.97. The van der Waals surface area contributed by atoms with Crippen LogP contribution in [0, 0.1) is 5.82 Å². The fourth-order valence-corrected chi connectivity index (χ4v) is 3.48. The first-order chi connectivity index (χ1) is 15.5. The lowest BCUT2D eigenvalue weighted by Gasteiger charge is -2.10. The van der Waals surface area contributed by atoms with Gasteiger partial charge in [-0.2, -0.15) is 5.10 Å². The summed E-state index contributed by atoms with van der Waals surface area (Å²) < 4.78 is 22.0. The normalized spacial score (nSPS) is 11.0. The van der Waals surface area contributed by atoms with E-state index in [0.29, 0.717) is 39.5 Å². The van der Waals surface area contributed by atoms with Crippen LogP contribution < -0.4 is 15.6 Å². The molecule has 0 radical (unpaired) electrons. The fraction of sp³-hybridized carbons (Fsp3) is 0.182. The van der Waals surface area contributed by atoms with Gasteiger partial charge in [0.1, 0.15) is 23.3 Å². The number of rotatable bonds is 7. The Hall–Kier alpha value is -3.72. The van der Waals surface area contributed by atoms with E-state index in [4.69, 9.17) is 16.3 Å². The number of benzene rings is 2. The highest BCUT2D eigenvalue weighted by Gasteiger charge is 2.14. The average molecular weight is 456 g/mol. The van der Waals surface area contributed by atoms with Crippen LogP contribution in [0.3, 0.4) is 0 Å². The monoisotopic (exact) mass is 455 g/mol. The fourth-order valence-electron chi connectivity index (χ4n) is 3.31. The highest BCUT2D eigenvalue weighted by molar-refractivity contribution is 6.31. The van der Waals surface area contributed by atoms with Crippen molar-refractivity contribution >= 4 is 28.5 Å². The van der Waals surface area contributed by atoms with Crippen molar-refractivity contribution in [1.82, 2.24) is 24.6 Å². The van der Waals surface area contributed by atoms with E-state index in [2.05, 4.69) is 15.4 Å². The molecule has 4 rings (SSSR count). The molecule has 1 N–H and O–H groups in total. The van der Waals surface area contributed by atoms with Gasteiger partial charge in [0, 0.05) is 17.1 Å². The molecule has 0 saturated heterocycles. The lowest BCUT2D eigenvalue weighted by Crippen LogP contribution is -2.28. The Kier molecular flexibility index (Phi) is 6.18. The van der Waals surface area contributed by atoms with E-state index in [0.717, 1.165) is 0 Å². The van der Waals surface area contributed by atoms with Crippen molar-refractivity contribution in [2.75, 3.05) is 13.7 Å². The van der Waals surface area contributed by atoms with E-state index < -0.39 is 0 Å². The molecule has 32 heavy (non-hydrogen) atoms. The van der Waals surface area contributed by atoms with Crippen molar-refractivity contribution in [2.24, 2.45) is 0 Å². The van der Waals surface area contributed by atoms with E-state index in [1.807, 2.05) is 0 Å². The van der Waals surface area contributed by atoms with Crippen molar-refractivity contribution in [2.45, 2.75) is 13.1 Å². The largest absolute Gasteiger partial charge is 0.496 e. The number of fused-ring (bicyclic) bond motifs is 1. The molecule has 0 spiro atoms. The molecular weight excluding hydrogens is 437 g/mol.